The number of nitriles is 1. The van der Waals surface area contributed by atoms with Crippen molar-refractivity contribution in [1.29, 1.82) is 5.26 Å². The van der Waals surface area contributed by atoms with Gasteiger partial charge in [0.25, 0.3) is 0 Å². The van der Waals surface area contributed by atoms with Crippen molar-refractivity contribution in [2.45, 2.75) is 64.0 Å². The molecule has 0 N–H and O–H groups in total. The zero-order chi connectivity index (χ0) is 17.8. The molecule has 4 heteroatoms. The molecule has 0 spiro atoms. The molecule has 0 amide bonds. The third-order valence-corrected chi connectivity index (χ3v) is 8.06. The molecule has 0 unspecified atom stereocenters. The van der Waals surface area contributed by atoms with Gasteiger partial charge in [0.2, 0.25) is 0 Å². The van der Waals surface area contributed by atoms with Gasteiger partial charge in [-0.25, -0.2) is 8.42 Å². The summed E-state index contributed by atoms with van der Waals surface area (Å²) < 4.78 is 24.0. The van der Waals surface area contributed by atoms with Crippen molar-refractivity contribution in [1.82, 2.24) is 0 Å². The van der Waals surface area contributed by atoms with Crippen LogP contribution in [-0.2, 0) is 16.3 Å². The first-order valence-electron chi connectivity index (χ1n) is 8.92. The maximum Gasteiger partial charge on any atom is 0.155 e. The largest absolute Gasteiger partial charge is 0.228 e. The zero-order valence-electron chi connectivity index (χ0n) is 15.1. The second-order valence-electron chi connectivity index (χ2n) is 8.13. The summed E-state index contributed by atoms with van der Waals surface area (Å²) in [5, 5.41) is 8.83. The number of benzene rings is 1. The minimum absolute atomic E-state index is 0.334. The number of hydrogen-bond acceptors (Lipinski definition) is 3. The van der Waals surface area contributed by atoms with Gasteiger partial charge in [-0.1, -0.05) is 25.0 Å². The molecule has 132 valence electrons. The van der Waals surface area contributed by atoms with E-state index in [1.807, 2.05) is 24.3 Å². The smallest absolute Gasteiger partial charge is 0.155 e. The van der Waals surface area contributed by atoms with Gasteiger partial charge in [-0.3, -0.25) is 0 Å². The highest BCUT2D eigenvalue weighted by Gasteiger charge is 2.33. The van der Waals surface area contributed by atoms with Crippen LogP contribution in [0.1, 0.15) is 64.0 Å². The lowest BCUT2D eigenvalue weighted by molar-refractivity contribution is 0.278. The Bertz CT molecular complexity index is 670. The number of sulfone groups is 1. The van der Waals surface area contributed by atoms with E-state index < -0.39 is 14.6 Å². The molecule has 0 atom stereocenters. The number of nitrogens with zero attached hydrogens (tertiary/aromatic N) is 1. The summed E-state index contributed by atoms with van der Waals surface area (Å²) in [4.78, 5) is 0. The van der Waals surface area contributed by atoms with Gasteiger partial charge in [-0.15, -0.1) is 0 Å². The van der Waals surface area contributed by atoms with Gasteiger partial charge in [0, 0.05) is 0 Å². The SMILES string of the molecule is CC(C)(C)S(=O)(=O)CC1CCC(CCc2ccc(C#N)cc2)CC1. The van der Waals surface area contributed by atoms with Crippen molar-refractivity contribution in [3.63, 3.8) is 0 Å². The van der Waals surface area contributed by atoms with Crippen molar-refractivity contribution in [2.24, 2.45) is 11.8 Å². The third-order valence-electron chi connectivity index (χ3n) is 5.28. The molecule has 0 heterocycles. The highest BCUT2D eigenvalue weighted by Crippen LogP contribution is 2.34. The molecule has 2 rings (SSSR count). The summed E-state index contributed by atoms with van der Waals surface area (Å²) in [6.07, 6.45) is 6.55. The minimum atomic E-state index is -3.00. The first-order chi connectivity index (χ1) is 11.2. The summed E-state index contributed by atoms with van der Waals surface area (Å²) in [5.74, 6) is 1.38. The fraction of sp³-hybridized carbons (Fsp3) is 0.650. The predicted octanol–water partition coefficient (Wildman–Crippen LogP) is 4.51. The molecule has 3 nitrogen and oxygen atoms in total. The van der Waals surface area contributed by atoms with E-state index in [9.17, 15) is 8.42 Å². The number of hydrogen-bond donors (Lipinski definition) is 0. The fourth-order valence-corrected chi connectivity index (χ4v) is 4.82. The molecule has 1 aromatic rings. The second kappa shape index (κ2) is 7.70. The Morgan fingerprint density at radius 1 is 1.04 bits per heavy atom. The molecule has 0 aromatic heterocycles. The van der Waals surface area contributed by atoms with Crippen LogP contribution in [0.3, 0.4) is 0 Å². The Morgan fingerprint density at radius 2 is 1.58 bits per heavy atom. The molecule has 1 aromatic carbocycles. The highest BCUT2D eigenvalue weighted by atomic mass is 32.2. The van der Waals surface area contributed by atoms with Gasteiger partial charge in [0.05, 0.1) is 22.1 Å². The Balaban J connectivity index is 1.77. The summed E-state index contributed by atoms with van der Waals surface area (Å²) >= 11 is 0. The summed E-state index contributed by atoms with van der Waals surface area (Å²) in [6, 6.07) is 9.99. The van der Waals surface area contributed by atoms with Crippen LogP contribution in [0.5, 0.6) is 0 Å². The zero-order valence-corrected chi connectivity index (χ0v) is 15.9. The van der Waals surface area contributed by atoms with E-state index in [0.29, 0.717) is 23.2 Å². The summed E-state index contributed by atoms with van der Waals surface area (Å²) in [6.45, 7) is 5.39. The van der Waals surface area contributed by atoms with Crippen molar-refractivity contribution >= 4 is 9.84 Å². The summed E-state index contributed by atoms with van der Waals surface area (Å²) in [5.41, 5.74) is 1.99. The Morgan fingerprint density at radius 3 is 2.08 bits per heavy atom. The van der Waals surface area contributed by atoms with Crippen LogP contribution in [0.15, 0.2) is 24.3 Å². The Labute approximate surface area is 147 Å². The van der Waals surface area contributed by atoms with Crippen LogP contribution in [0.25, 0.3) is 0 Å². The molecule has 24 heavy (non-hydrogen) atoms. The topological polar surface area (TPSA) is 57.9 Å². The summed E-state index contributed by atoms with van der Waals surface area (Å²) in [7, 11) is -3.00. The minimum Gasteiger partial charge on any atom is -0.228 e. The molecule has 0 radical (unpaired) electrons. The average molecular weight is 348 g/mol. The van der Waals surface area contributed by atoms with Crippen molar-refractivity contribution < 1.29 is 8.42 Å². The van der Waals surface area contributed by atoms with Gasteiger partial charge in [-0.05, 0) is 76.0 Å². The van der Waals surface area contributed by atoms with Crippen molar-refractivity contribution in [3.8, 4) is 6.07 Å². The molecule has 1 saturated carbocycles. The first-order valence-corrected chi connectivity index (χ1v) is 10.6. The van der Waals surface area contributed by atoms with E-state index in [0.717, 1.165) is 38.5 Å². The van der Waals surface area contributed by atoms with Crippen molar-refractivity contribution in [2.75, 3.05) is 5.75 Å². The molecule has 1 fully saturated rings. The Kier molecular flexibility index (Phi) is 6.09. The first kappa shape index (κ1) is 19.0. The van der Waals surface area contributed by atoms with Crippen LogP contribution >= 0.6 is 0 Å². The molecule has 1 aliphatic carbocycles. The van der Waals surface area contributed by atoms with E-state index >= 15 is 0 Å². The maximum absolute atomic E-state index is 12.3. The van der Waals surface area contributed by atoms with Gasteiger partial charge in [-0.2, -0.15) is 5.26 Å². The van der Waals surface area contributed by atoms with E-state index in [1.54, 1.807) is 20.8 Å². The van der Waals surface area contributed by atoms with Crippen LogP contribution in [-0.4, -0.2) is 18.9 Å². The van der Waals surface area contributed by atoms with E-state index in [-0.39, 0.29) is 0 Å². The van der Waals surface area contributed by atoms with Crippen LogP contribution < -0.4 is 0 Å². The lowest BCUT2D eigenvalue weighted by Crippen LogP contribution is -2.34. The molecule has 1 aliphatic rings. The molecular formula is C20H29NO2S. The van der Waals surface area contributed by atoms with Gasteiger partial charge >= 0.3 is 0 Å². The highest BCUT2D eigenvalue weighted by molar-refractivity contribution is 7.92. The van der Waals surface area contributed by atoms with Gasteiger partial charge in [0.1, 0.15) is 0 Å². The number of rotatable bonds is 5. The maximum atomic E-state index is 12.3. The molecule has 0 bridgehead atoms. The van der Waals surface area contributed by atoms with Crippen LogP contribution in [0.4, 0.5) is 0 Å². The number of aryl methyl sites for hydroxylation is 1. The standard InChI is InChI=1S/C20H29NO2S/c1-20(2,3)24(22,23)15-19-12-8-17(9-13-19)5-4-16-6-10-18(14-21)11-7-16/h6-7,10-11,17,19H,4-5,8-9,12-13,15H2,1-3H3. The normalized spacial score (nSPS) is 22.1. The fourth-order valence-electron chi connectivity index (χ4n) is 3.36. The van der Waals surface area contributed by atoms with Gasteiger partial charge < -0.3 is 0 Å². The molecular weight excluding hydrogens is 318 g/mol. The average Bonchev–Trinajstić information content (AvgIpc) is 2.53. The molecule has 0 aliphatic heterocycles. The lowest BCUT2D eigenvalue weighted by atomic mass is 9.80. The van der Waals surface area contributed by atoms with Crippen LogP contribution in [0.2, 0.25) is 0 Å². The van der Waals surface area contributed by atoms with Crippen molar-refractivity contribution in [3.05, 3.63) is 35.4 Å². The lowest BCUT2D eigenvalue weighted by Gasteiger charge is -2.30. The van der Waals surface area contributed by atoms with E-state index in [4.69, 9.17) is 5.26 Å². The monoisotopic (exact) mass is 347 g/mol. The van der Waals surface area contributed by atoms with E-state index in [2.05, 4.69) is 6.07 Å². The third kappa shape index (κ3) is 5.08. The predicted molar refractivity (Wildman–Crippen MR) is 98.5 cm³/mol. The van der Waals surface area contributed by atoms with Crippen LogP contribution in [0, 0.1) is 23.2 Å². The van der Waals surface area contributed by atoms with Gasteiger partial charge in [0.15, 0.2) is 9.84 Å². The quantitative estimate of drug-likeness (QED) is 0.787. The van der Waals surface area contributed by atoms with E-state index in [1.165, 1.54) is 5.56 Å². The Hall–Kier alpha value is -1.34. The second-order valence-corrected chi connectivity index (χ2v) is 10.9. The molecule has 0 saturated heterocycles.